The fourth-order valence-electron chi connectivity index (χ4n) is 6.19. The van der Waals surface area contributed by atoms with E-state index in [1.807, 2.05) is 55.7 Å². The van der Waals surface area contributed by atoms with Crippen molar-refractivity contribution in [2.45, 2.75) is 50.6 Å². The number of carbonyl (C=O) groups is 3. The second-order valence-electron chi connectivity index (χ2n) is 11.5. The van der Waals surface area contributed by atoms with Crippen molar-refractivity contribution in [2.24, 2.45) is 11.1 Å². The maximum Gasteiger partial charge on any atom is 0.245 e. The van der Waals surface area contributed by atoms with Crippen LogP contribution in [0.2, 0.25) is 0 Å². The van der Waals surface area contributed by atoms with E-state index in [2.05, 4.69) is 22.4 Å². The second-order valence-corrected chi connectivity index (χ2v) is 11.5. The minimum atomic E-state index is -1.13. The molecule has 0 aliphatic carbocycles. The standard InChI is InChI=1S/C30H37N5O3/c1-29(2,31)27(37)33-25(16-21-17-32-24-13-8-7-12-22(21)24)26(36)35-15-9-14-30(19-35)23(18-34(3)28(30)38)20-10-5-4-6-11-20/h4-8,10-13,17,23,25,32H,9,14-16,18-19,31H2,1-3H3,(H,33,37). The Labute approximate surface area is 223 Å². The summed E-state index contributed by atoms with van der Waals surface area (Å²) in [6, 6.07) is 17.2. The highest BCUT2D eigenvalue weighted by Crippen LogP contribution is 2.49. The molecular formula is C30H37N5O3. The van der Waals surface area contributed by atoms with Crippen LogP contribution in [0.15, 0.2) is 60.8 Å². The molecule has 4 N–H and O–H groups in total. The molecule has 2 aromatic carbocycles. The predicted molar refractivity (Wildman–Crippen MR) is 147 cm³/mol. The van der Waals surface area contributed by atoms with Crippen LogP contribution in [0.1, 0.15) is 43.7 Å². The number of rotatable bonds is 6. The lowest BCUT2D eigenvalue weighted by atomic mass is 9.69. The van der Waals surface area contributed by atoms with Crippen molar-refractivity contribution in [1.82, 2.24) is 20.1 Å². The van der Waals surface area contributed by atoms with Crippen LogP contribution < -0.4 is 11.1 Å². The van der Waals surface area contributed by atoms with E-state index in [0.29, 0.717) is 26.1 Å². The Kier molecular flexibility index (Phi) is 6.77. The maximum absolute atomic E-state index is 14.1. The van der Waals surface area contributed by atoms with Crippen molar-refractivity contribution in [3.63, 3.8) is 0 Å². The summed E-state index contributed by atoms with van der Waals surface area (Å²) in [6.07, 6.45) is 3.67. The number of benzene rings is 2. The van der Waals surface area contributed by atoms with Crippen LogP contribution >= 0.6 is 0 Å². The van der Waals surface area contributed by atoms with Gasteiger partial charge in [-0.3, -0.25) is 14.4 Å². The predicted octanol–water partition coefficient (Wildman–Crippen LogP) is 2.80. The van der Waals surface area contributed by atoms with Crippen LogP contribution in [0.4, 0.5) is 0 Å². The summed E-state index contributed by atoms with van der Waals surface area (Å²) >= 11 is 0. The van der Waals surface area contributed by atoms with Crippen LogP contribution in [0.25, 0.3) is 10.9 Å². The van der Waals surface area contributed by atoms with Gasteiger partial charge in [0.25, 0.3) is 0 Å². The van der Waals surface area contributed by atoms with E-state index in [1.165, 1.54) is 0 Å². The number of likely N-dealkylation sites (tertiary alicyclic amines) is 2. The van der Waals surface area contributed by atoms with E-state index in [1.54, 1.807) is 23.6 Å². The first-order chi connectivity index (χ1) is 18.1. The summed E-state index contributed by atoms with van der Waals surface area (Å²) in [5, 5.41) is 3.95. The number of H-pyrrole nitrogens is 1. The molecule has 0 radical (unpaired) electrons. The lowest BCUT2D eigenvalue weighted by molar-refractivity contribution is -0.145. The van der Waals surface area contributed by atoms with Gasteiger partial charge in [-0.2, -0.15) is 0 Å². The van der Waals surface area contributed by atoms with Crippen LogP contribution in [-0.2, 0) is 20.8 Å². The molecule has 3 unspecified atom stereocenters. The van der Waals surface area contributed by atoms with Gasteiger partial charge in [0.2, 0.25) is 17.7 Å². The number of likely N-dealkylation sites (N-methyl/N-ethyl adjacent to an activating group) is 1. The molecule has 2 aliphatic rings. The maximum atomic E-state index is 14.1. The first kappa shape index (κ1) is 26.0. The monoisotopic (exact) mass is 515 g/mol. The summed E-state index contributed by atoms with van der Waals surface area (Å²) in [7, 11) is 1.84. The number of carbonyl (C=O) groups excluding carboxylic acids is 3. The summed E-state index contributed by atoms with van der Waals surface area (Å²) in [4.78, 5) is 47.6. The molecule has 0 bridgehead atoms. The normalized spacial score (nSPS) is 22.7. The number of piperidine rings is 1. The van der Waals surface area contributed by atoms with Crippen LogP contribution in [0.5, 0.6) is 0 Å². The molecule has 2 fully saturated rings. The van der Waals surface area contributed by atoms with Gasteiger partial charge in [-0.1, -0.05) is 48.5 Å². The number of aromatic amines is 1. The first-order valence-corrected chi connectivity index (χ1v) is 13.3. The van der Waals surface area contributed by atoms with E-state index in [-0.39, 0.29) is 23.6 Å². The fraction of sp³-hybridized carbons (Fsp3) is 0.433. The molecule has 5 rings (SSSR count). The van der Waals surface area contributed by atoms with Gasteiger partial charge < -0.3 is 25.8 Å². The van der Waals surface area contributed by atoms with Gasteiger partial charge in [-0.15, -0.1) is 0 Å². The highest BCUT2D eigenvalue weighted by molar-refractivity contribution is 5.93. The van der Waals surface area contributed by atoms with E-state index < -0.39 is 17.0 Å². The smallest absolute Gasteiger partial charge is 0.245 e. The van der Waals surface area contributed by atoms with Crippen LogP contribution in [0, 0.1) is 5.41 Å². The number of para-hydroxylation sites is 1. The zero-order valence-corrected chi connectivity index (χ0v) is 22.4. The Hall–Kier alpha value is -3.65. The van der Waals surface area contributed by atoms with E-state index >= 15 is 0 Å². The molecule has 3 amide bonds. The second kappa shape index (κ2) is 9.91. The van der Waals surface area contributed by atoms with E-state index in [0.717, 1.165) is 34.9 Å². The number of aromatic nitrogens is 1. The van der Waals surface area contributed by atoms with Crippen molar-refractivity contribution in [2.75, 3.05) is 26.7 Å². The average Bonchev–Trinajstić information content (AvgIpc) is 3.42. The molecule has 1 spiro atoms. The fourth-order valence-corrected chi connectivity index (χ4v) is 6.19. The Bertz CT molecular complexity index is 1340. The highest BCUT2D eigenvalue weighted by Gasteiger charge is 2.55. The third-order valence-electron chi connectivity index (χ3n) is 8.22. The lowest BCUT2D eigenvalue weighted by Crippen LogP contribution is -2.59. The van der Waals surface area contributed by atoms with Crippen molar-refractivity contribution in [3.05, 3.63) is 71.9 Å². The summed E-state index contributed by atoms with van der Waals surface area (Å²) in [5.41, 5.74) is 7.31. The zero-order valence-electron chi connectivity index (χ0n) is 22.4. The average molecular weight is 516 g/mol. The molecule has 8 heteroatoms. The molecule has 0 saturated carbocycles. The number of nitrogens with zero attached hydrogens (tertiary/aromatic N) is 2. The summed E-state index contributed by atoms with van der Waals surface area (Å²) < 4.78 is 0. The number of nitrogens with one attached hydrogen (secondary N) is 2. The molecule has 2 aliphatic heterocycles. The third kappa shape index (κ3) is 4.69. The Balaban J connectivity index is 1.45. The summed E-state index contributed by atoms with van der Waals surface area (Å²) in [6.45, 7) is 4.76. The summed E-state index contributed by atoms with van der Waals surface area (Å²) in [5.74, 6) is -0.479. The Morgan fingerprint density at radius 2 is 1.87 bits per heavy atom. The van der Waals surface area contributed by atoms with Gasteiger partial charge in [0, 0.05) is 56.1 Å². The van der Waals surface area contributed by atoms with Crippen molar-refractivity contribution < 1.29 is 14.4 Å². The van der Waals surface area contributed by atoms with Crippen LogP contribution in [-0.4, -0.2) is 70.8 Å². The van der Waals surface area contributed by atoms with Gasteiger partial charge in [0.05, 0.1) is 11.0 Å². The SMILES string of the molecule is CN1CC(c2ccccc2)C2(CCCN(C(=O)C(Cc3c[nH]c4ccccc34)NC(=O)C(C)(C)N)C2)C1=O. The Morgan fingerprint density at radius 3 is 2.61 bits per heavy atom. The quantitative estimate of drug-likeness (QED) is 0.469. The molecule has 1 aromatic heterocycles. The van der Waals surface area contributed by atoms with Gasteiger partial charge in [-0.25, -0.2) is 0 Å². The van der Waals surface area contributed by atoms with Crippen molar-refractivity contribution >= 4 is 28.6 Å². The van der Waals surface area contributed by atoms with Crippen LogP contribution in [0.3, 0.4) is 0 Å². The molecule has 3 atom stereocenters. The number of hydrogen-bond donors (Lipinski definition) is 3. The zero-order chi connectivity index (χ0) is 27.1. The third-order valence-corrected chi connectivity index (χ3v) is 8.22. The minimum Gasteiger partial charge on any atom is -0.361 e. The minimum absolute atomic E-state index is 0.00133. The molecular weight excluding hydrogens is 478 g/mol. The number of fused-ring (bicyclic) bond motifs is 1. The number of nitrogens with two attached hydrogens (primary N) is 1. The topological polar surface area (TPSA) is 112 Å². The lowest BCUT2D eigenvalue weighted by Gasteiger charge is -2.43. The highest BCUT2D eigenvalue weighted by atomic mass is 16.2. The van der Waals surface area contributed by atoms with Gasteiger partial charge in [-0.05, 0) is 43.9 Å². The van der Waals surface area contributed by atoms with Gasteiger partial charge in [0.15, 0.2) is 0 Å². The molecule has 3 aromatic rings. The molecule has 200 valence electrons. The first-order valence-electron chi connectivity index (χ1n) is 13.3. The largest absolute Gasteiger partial charge is 0.361 e. The number of amides is 3. The van der Waals surface area contributed by atoms with Crippen molar-refractivity contribution in [3.8, 4) is 0 Å². The van der Waals surface area contributed by atoms with Gasteiger partial charge >= 0.3 is 0 Å². The Morgan fingerprint density at radius 1 is 1.16 bits per heavy atom. The molecule has 3 heterocycles. The molecule has 2 saturated heterocycles. The van der Waals surface area contributed by atoms with E-state index in [4.69, 9.17) is 5.73 Å². The molecule has 38 heavy (non-hydrogen) atoms. The van der Waals surface area contributed by atoms with Gasteiger partial charge in [0.1, 0.15) is 6.04 Å². The van der Waals surface area contributed by atoms with Crippen molar-refractivity contribution in [1.29, 1.82) is 0 Å². The number of hydrogen-bond acceptors (Lipinski definition) is 4. The molecule has 8 nitrogen and oxygen atoms in total. The van der Waals surface area contributed by atoms with E-state index in [9.17, 15) is 14.4 Å².